The van der Waals surface area contributed by atoms with Crippen molar-refractivity contribution in [3.8, 4) is 0 Å². The molecule has 1 aliphatic carbocycles. The molecular weight excluding hydrogens is 298 g/mol. The van der Waals surface area contributed by atoms with Crippen molar-refractivity contribution in [2.75, 3.05) is 6.54 Å². The number of rotatable bonds is 5. The summed E-state index contributed by atoms with van der Waals surface area (Å²) in [5, 5.41) is 15.3. The van der Waals surface area contributed by atoms with E-state index in [4.69, 9.17) is 0 Å². The smallest absolute Gasteiger partial charge is 0.220 e. The van der Waals surface area contributed by atoms with Gasteiger partial charge in [-0.1, -0.05) is 19.3 Å². The number of aliphatic hydroxyl groups is 1. The van der Waals surface area contributed by atoms with E-state index >= 15 is 0 Å². The summed E-state index contributed by atoms with van der Waals surface area (Å²) in [5.41, 5.74) is 1.43. The van der Waals surface area contributed by atoms with E-state index in [1.54, 1.807) is 11.3 Å². The minimum absolute atomic E-state index is 0.00943. The van der Waals surface area contributed by atoms with Crippen LogP contribution in [0.25, 0.3) is 4.96 Å². The Morgan fingerprint density at radius 3 is 3.00 bits per heavy atom. The Kier molecular flexibility index (Phi) is 4.49. The topological polar surface area (TPSA) is 66.6 Å². The molecule has 1 aliphatic rings. The Morgan fingerprint density at radius 2 is 2.23 bits per heavy atom. The van der Waals surface area contributed by atoms with E-state index in [-0.39, 0.29) is 5.91 Å². The third-order valence-electron chi connectivity index (χ3n) is 4.41. The number of carbonyl (C=O) groups is 1. The number of thiazole rings is 1. The van der Waals surface area contributed by atoms with Gasteiger partial charge in [-0.15, -0.1) is 11.3 Å². The van der Waals surface area contributed by atoms with Crippen molar-refractivity contribution in [1.29, 1.82) is 0 Å². The molecule has 5 nitrogen and oxygen atoms in total. The molecule has 0 unspecified atom stereocenters. The Morgan fingerprint density at radius 1 is 1.45 bits per heavy atom. The zero-order valence-electron chi connectivity index (χ0n) is 13.0. The second-order valence-corrected chi connectivity index (χ2v) is 7.16. The number of hydrogen-bond donors (Lipinski definition) is 2. The Bertz CT molecular complexity index is 655. The number of nitrogens with one attached hydrogen (secondary N) is 1. The highest BCUT2D eigenvalue weighted by Gasteiger charge is 2.29. The molecule has 6 heteroatoms. The van der Waals surface area contributed by atoms with E-state index in [2.05, 4.69) is 20.1 Å². The van der Waals surface area contributed by atoms with Crippen molar-refractivity contribution in [3.63, 3.8) is 0 Å². The summed E-state index contributed by atoms with van der Waals surface area (Å²) in [4.78, 5) is 17.4. The lowest BCUT2D eigenvalue weighted by Gasteiger charge is -2.32. The van der Waals surface area contributed by atoms with Gasteiger partial charge in [0, 0.05) is 30.2 Å². The lowest BCUT2D eigenvalue weighted by molar-refractivity contribution is -0.122. The van der Waals surface area contributed by atoms with Crippen LogP contribution in [-0.2, 0) is 11.2 Å². The zero-order valence-corrected chi connectivity index (χ0v) is 13.8. The molecule has 1 amide bonds. The van der Waals surface area contributed by atoms with Crippen molar-refractivity contribution in [1.82, 2.24) is 14.7 Å². The average molecular weight is 321 g/mol. The molecule has 2 aromatic rings. The van der Waals surface area contributed by atoms with Gasteiger partial charge >= 0.3 is 0 Å². The molecule has 0 aliphatic heterocycles. The van der Waals surface area contributed by atoms with E-state index in [0.717, 1.165) is 42.0 Å². The lowest BCUT2D eigenvalue weighted by atomic mass is 9.85. The fourth-order valence-corrected chi connectivity index (χ4v) is 4.05. The highest BCUT2D eigenvalue weighted by atomic mass is 32.1. The largest absolute Gasteiger partial charge is 0.388 e. The maximum absolute atomic E-state index is 12.0. The predicted octanol–water partition coefficient (Wildman–Crippen LogP) is 2.45. The third-order valence-corrected chi connectivity index (χ3v) is 5.30. The number of nitrogens with zero attached hydrogens (tertiary/aromatic N) is 2. The van der Waals surface area contributed by atoms with Crippen LogP contribution in [0.15, 0.2) is 11.6 Å². The van der Waals surface area contributed by atoms with Gasteiger partial charge in [-0.2, -0.15) is 0 Å². The molecule has 2 N–H and O–H groups in total. The van der Waals surface area contributed by atoms with Gasteiger partial charge in [0.25, 0.3) is 0 Å². The summed E-state index contributed by atoms with van der Waals surface area (Å²) < 4.78 is 2.06. The van der Waals surface area contributed by atoms with Crippen LogP contribution in [0.4, 0.5) is 0 Å². The van der Waals surface area contributed by atoms with E-state index < -0.39 is 5.60 Å². The molecule has 0 radical (unpaired) electrons. The van der Waals surface area contributed by atoms with Gasteiger partial charge < -0.3 is 10.4 Å². The molecule has 0 saturated heterocycles. The van der Waals surface area contributed by atoms with Crippen LogP contribution in [0.3, 0.4) is 0 Å². The monoisotopic (exact) mass is 321 g/mol. The summed E-state index contributed by atoms with van der Waals surface area (Å²) in [6.45, 7) is 2.36. The minimum Gasteiger partial charge on any atom is -0.388 e. The van der Waals surface area contributed by atoms with Gasteiger partial charge in [0.2, 0.25) is 5.91 Å². The predicted molar refractivity (Wildman–Crippen MR) is 87.2 cm³/mol. The van der Waals surface area contributed by atoms with E-state index in [9.17, 15) is 9.90 Å². The first-order valence-corrected chi connectivity index (χ1v) is 8.85. The quantitative estimate of drug-likeness (QED) is 0.889. The number of fused-ring (bicyclic) bond motifs is 1. The molecule has 0 bridgehead atoms. The highest BCUT2D eigenvalue weighted by Crippen LogP contribution is 2.27. The summed E-state index contributed by atoms with van der Waals surface area (Å²) >= 11 is 1.60. The van der Waals surface area contributed by atoms with Crippen LogP contribution >= 0.6 is 11.3 Å². The molecule has 0 spiro atoms. The number of amides is 1. The second-order valence-electron chi connectivity index (χ2n) is 6.32. The summed E-state index contributed by atoms with van der Waals surface area (Å²) in [7, 11) is 0. The Hall–Kier alpha value is -1.40. The fraction of sp³-hybridized carbons (Fsp3) is 0.625. The SMILES string of the molecule is Cc1cn2c(CCC(=O)NCC3(O)CCCCC3)csc2n1. The van der Waals surface area contributed by atoms with Crippen LogP contribution in [0, 0.1) is 6.92 Å². The maximum atomic E-state index is 12.0. The molecule has 0 aromatic carbocycles. The van der Waals surface area contributed by atoms with Crippen molar-refractivity contribution in [3.05, 3.63) is 23.0 Å². The van der Waals surface area contributed by atoms with Gasteiger partial charge in [0.15, 0.2) is 4.96 Å². The van der Waals surface area contributed by atoms with E-state index in [0.29, 0.717) is 19.4 Å². The van der Waals surface area contributed by atoms with E-state index in [1.807, 2.05) is 13.1 Å². The van der Waals surface area contributed by atoms with E-state index in [1.165, 1.54) is 6.42 Å². The molecule has 1 saturated carbocycles. The molecule has 3 rings (SSSR count). The number of imidazole rings is 1. The first-order chi connectivity index (χ1) is 10.6. The fourth-order valence-electron chi connectivity index (χ4n) is 3.10. The van der Waals surface area contributed by atoms with Gasteiger partial charge in [-0.05, 0) is 26.2 Å². The zero-order chi connectivity index (χ0) is 15.6. The van der Waals surface area contributed by atoms with Crippen LogP contribution in [0.1, 0.15) is 49.9 Å². The molecule has 0 atom stereocenters. The maximum Gasteiger partial charge on any atom is 0.220 e. The second kappa shape index (κ2) is 6.38. The summed E-state index contributed by atoms with van der Waals surface area (Å²) in [5.74, 6) is 0.00943. The highest BCUT2D eigenvalue weighted by molar-refractivity contribution is 7.15. The van der Waals surface area contributed by atoms with Crippen LogP contribution in [0.5, 0.6) is 0 Å². The third kappa shape index (κ3) is 3.50. The first-order valence-electron chi connectivity index (χ1n) is 7.97. The van der Waals surface area contributed by atoms with Crippen molar-refractivity contribution < 1.29 is 9.90 Å². The molecule has 2 aromatic heterocycles. The van der Waals surface area contributed by atoms with Crippen LogP contribution < -0.4 is 5.32 Å². The minimum atomic E-state index is -0.689. The standard InChI is InChI=1S/C16H23N3O2S/c1-12-9-19-13(10-22-15(19)18-12)5-6-14(20)17-11-16(21)7-3-2-4-8-16/h9-10,21H,2-8,11H2,1H3,(H,17,20). The molecule has 22 heavy (non-hydrogen) atoms. The first kappa shape index (κ1) is 15.5. The van der Waals surface area contributed by atoms with Crippen molar-refractivity contribution >= 4 is 22.2 Å². The number of carbonyl (C=O) groups excluding carboxylic acids is 1. The molecule has 2 heterocycles. The lowest BCUT2D eigenvalue weighted by Crippen LogP contribution is -2.44. The molecular formula is C16H23N3O2S. The van der Waals surface area contributed by atoms with Crippen LogP contribution in [-0.4, -0.2) is 32.5 Å². The summed E-state index contributed by atoms with van der Waals surface area (Å²) in [6.07, 6.45) is 8.04. The van der Waals surface area contributed by atoms with Gasteiger partial charge in [-0.25, -0.2) is 4.98 Å². The molecule has 1 fully saturated rings. The van der Waals surface area contributed by atoms with Crippen LogP contribution in [0.2, 0.25) is 0 Å². The summed E-state index contributed by atoms with van der Waals surface area (Å²) in [6, 6.07) is 0. The average Bonchev–Trinajstić information content (AvgIpc) is 3.03. The number of aromatic nitrogens is 2. The van der Waals surface area contributed by atoms with Gasteiger partial charge in [0.05, 0.1) is 11.3 Å². The van der Waals surface area contributed by atoms with Gasteiger partial charge in [0.1, 0.15) is 0 Å². The number of aryl methyl sites for hydroxylation is 2. The Labute approximate surface area is 134 Å². The van der Waals surface area contributed by atoms with Crippen molar-refractivity contribution in [2.24, 2.45) is 0 Å². The normalized spacial score (nSPS) is 17.7. The molecule has 120 valence electrons. The van der Waals surface area contributed by atoms with Crippen molar-refractivity contribution in [2.45, 2.75) is 57.5 Å². The Balaban J connectivity index is 1.49. The van der Waals surface area contributed by atoms with Gasteiger partial charge in [-0.3, -0.25) is 9.20 Å². The number of hydrogen-bond acceptors (Lipinski definition) is 4.